The molecule has 1 saturated heterocycles. The molecule has 1 aliphatic heterocycles. The third kappa shape index (κ3) is 3.68. The lowest BCUT2D eigenvalue weighted by atomic mass is 10.2. The van der Waals surface area contributed by atoms with E-state index in [0.29, 0.717) is 17.0 Å². The van der Waals surface area contributed by atoms with Crippen molar-refractivity contribution >= 4 is 22.6 Å². The number of aromatic amines is 1. The maximum Gasteiger partial charge on any atom is 0.265 e. The topological polar surface area (TPSA) is 100 Å². The van der Waals surface area contributed by atoms with Gasteiger partial charge in [-0.25, -0.2) is 4.98 Å². The van der Waals surface area contributed by atoms with E-state index in [1.165, 1.54) is 0 Å². The van der Waals surface area contributed by atoms with Crippen molar-refractivity contribution < 1.29 is 14.3 Å². The summed E-state index contributed by atoms with van der Waals surface area (Å²) in [5.41, 5.74) is 2.70. The van der Waals surface area contributed by atoms with Crippen LogP contribution < -0.4 is 10.1 Å². The lowest BCUT2D eigenvalue weighted by Crippen LogP contribution is -2.30. The van der Waals surface area contributed by atoms with Crippen molar-refractivity contribution in [3.63, 3.8) is 0 Å². The van der Waals surface area contributed by atoms with Crippen LogP contribution in [0.4, 0.5) is 5.69 Å². The van der Waals surface area contributed by atoms with Gasteiger partial charge in [0.25, 0.3) is 5.91 Å². The first kappa shape index (κ1) is 18.0. The summed E-state index contributed by atoms with van der Waals surface area (Å²) < 4.78 is 11.3. The van der Waals surface area contributed by atoms with Crippen molar-refractivity contribution in [3.05, 3.63) is 53.9 Å². The van der Waals surface area contributed by atoms with E-state index in [1.807, 2.05) is 12.1 Å². The van der Waals surface area contributed by atoms with E-state index in [4.69, 9.17) is 14.7 Å². The van der Waals surface area contributed by atoms with Crippen LogP contribution in [0, 0.1) is 11.3 Å². The summed E-state index contributed by atoms with van der Waals surface area (Å²) in [6, 6.07) is 14.4. The van der Waals surface area contributed by atoms with Crippen molar-refractivity contribution in [1.29, 1.82) is 5.26 Å². The van der Waals surface area contributed by atoms with Crippen LogP contribution in [0.25, 0.3) is 11.0 Å². The number of benzene rings is 2. The Morgan fingerprint density at radius 3 is 3.04 bits per heavy atom. The molecule has 142 valence electrons. The summed E-state index contributed by atoms with van der Waals surface area (Å²) in [5.74, 6) is 0.907. The average Bonchev–Trinajstić information content (AvgIpc) is 3.37. The number of carbonyl (C=O) groups is 1. The van der Waals surface area contributed by atoms with E-state index in [1.54, 1.807) is 37.3 Å². The molecule has 2 aromatic carbocycles. The van der Waals surface area contributed by atoms with Crippen LogP contribution in [-0.2, 0) is 9.53 Å². The molecule has 1 amide bonds. The van der Waals surface area contributed by atoms with Crippen LogP contribution in [0.2, 0.25) is 0 Å². The van der Waals surface area contributed by atoms with Gasteiger partial charge in [0.15, 0.2) is 6.10 Å². The first-order chi connectivity index (χ1) is 13.6. The summed E-state index contributed by atoms with van der Waals surface area (Å²) in [6.07, 6.45) is 1.26. The van der Waals surface area contributed by atoms with Gasteiger partial charge < -0.3 is 19.8 Å². The zero-order valence-electron chi connectivity index (χ0n) is 15.4. The largest absolute Gasteiger partial charge is 0.480 e. The Morgan fingerprint density at radius 2 is 2.25 bits per heavy atom. The number of hydrogen-bond donors (Lipinski definition) is 2. The molecule has 2 atom stereocenters. The predicted molar refractivity (Wildman–Crippen MR) is 104 cm³/mol. The van der Waals surface area contributed by atoms with E-state index >= 15 is 0 Å². The third-order valence-corrected chi connectivity index (χ3v) is 4.68. The van der Waals surface area contributed by atoms with Gasteiger partial charge in [-0.2, -0.15) is 5.26 Å². The molecule has 1 fully saturated rings. The smallest absolute Gasteiger partial charge is 0.265 e. The summed E-state index contributed by atoms with van der Waals surface area (Å²) in [4.78, 5) is 20.4. The number of hydrogen-bond acceptors (Lipinski definition) is 5. The Hall–Kier alpha value is -3.37. The normalized spacial score (nSPS) is 17.2. The number of fused-ring (bicyclic) bond motifs is 1. The molecule has 1 aromatic heterocycles. The Morgan fingerprint density at radius 1 is 1.39 bits per heavy atom. The Balaban J connectivity index is 1.46. The third-order valence-electron chi connectivity index (χ3n) is 4.68. The van der Waals surface area contributed by atoms with Gasteiger partial charge in [0.05, 0.1) is 16.6 Å². The van der Waals surface area contributed by atoms with Crippen LogP contribution in [0.15, 0.2) is 42.5 Å². The van der Waals surface area contributed by atoms with Crippen molar-refractivity contribution in [1.82, 2.24) is 9.97 Å². The van der Waals surface area contributed by atoms with Gasteiger partial charge in [-0.15, -0.1) is 0 Å². The first-order valence-electron chi connectivity index (χ1n) is 9.22. The maximum atomic E-state index is 12.5. The zero-order chi connectivity index (χ0) is 19.5. The van der Waals surface area contributed by atoms with E-state index < -0.39 is 6.10 Å². The van der Waals surface area contributed by atoms with Crippen LogP contribution >= 0.6 is 0 Å². The molecule has 28 heavy (non-hydrogen) atoms. The predicted octanol–water partition coefficient (Wildman–Crippen LogP) is 3.69. The molecule has 3 aromatic rings. The number of nitrogens with zero attached hydrogens (tertiary/aromatic N) is 2. The molecule has 2 unspecified atom stereocenters. The van der Waals surface area contributed by atoms with Crippen LogP contribution in [0.5, 0.6) is 5.75 Å². The minimum Gasteiger partial charge on any atom is -0.480 e. The van der Waals surface area contributed by atoms with Gasteiger partial charge in [0, 0.05) is 12.3 Å². The molecule has 0 radical (unpaired) electrons. The fourth-order valence-corrected chi connectivity index (χ4v) is 3.20. The quantitative estimate of drug-likeness (QED) is 0.707. The van der Waals surface area contributed by atoms with Crippen LogP contribution in [0.1, 0.15) is 37.3 Å². The fourth-order valence-electron chi connectivity index (χ4n) is 3.20. The lowest BCUT2D eigenvalue weighted by molar-refractivity contribution is -0.122. The Bertz CT molecular complexity index is 1050. The second-order valence-corrected chi connectivity index (χ2v) is 6.71. The number of imidazole rings is 1. The molecule has 2 heterocycles. The number of nitriles is 1. The monoisotopic (exact) mass is 376 g/mol. The highest BCUT2D eigenvalue weighted by atomic mass is 16.5. The Labute approximate surface area is 162 Å². The van der Waals surface area contributed by atoms with E-state index in [9.17, 15) is 4.79 Å². The molecule has 2 N–H and O–H groups in total. The average molecular weight is 376 g/mol. The molecule has 7 heteroatoms. The molecule has 4 rings (SSSR count). The van der Waals surface area contributed by atoms with Gasteiger partial charge in [0.1, 0.15) is 23.7 Å². The van der Waals surface area contributed by atoms with Gasteiger partial charge >= 0.3 is 0 Å². The minimum absolute atomic E-state index is 0.0130. The maximum absolute atomic E-state index is 12.5. The van der Waals surface area contributed by atoms with E-state index in [2.05, 4.69) is 21.4 Å². The van der Waals surface area contributed by atoms with E-state index in [0.717, 1.165) is 36.3 Å². The summed E-state index contributed by atoms with van der Waals surface area (Å²) >= 11 is 0. The molecule has 0 aliphatic carbocycles. The van der Waals surface area contributed by atoms with Crippen LogP contribution in [-0.4, -0.2) is 28.6 Å². The number of amides is 1. The molecule has 7 nitrogen and oxygen atoms in total. The lowest BCUT2D eigenvalue weighted by Gasteiger charge is -2.15. The number of aromatic nitrogens is 2. The molecule has 0 saturated carbocycles. The SMILES string of the molecule is CC(Oc1ccccc1C#N)C(=O)Nc1ccc2nc(C3CCCO3)[nH]c2c1. The zero-order valence-corrected chi connectivity index (χ0v) is 15.4. The highest BCUT2D eigenvalue weighted by Gasteiger charge is 2.21. The number of anilines is 1. The number of nitrogens with one attached hydrogen (secondary N) is 2. The van der Waals surface area contributed by atoms with Gasteiger partial charge in [-0.3, -0.25) is 4.79 Å². The van der Waals surface area contributed by atoms with Crippen molar-refractivity contribution in [2.24, 2.45) is 0 Å². The number of rotatable bonds is 5. The van der Waals surface area contributed by atoms with Gasteiger partial charge in [0.2, 0.25) is 0 Å². The molecule has 0 bridgehead atoms. The second kappa shape index (κ2) is 7.71. The van der Waals surface area contributed by atoms with Crippen molar-refractivity contribution in [2.75, 3.05) is 11.9 Å². The molecule has 0 spiro atoms. The number of ether oxygens (including phenoxy) is 2. The molecule has 1 aliphatic rings. The number of carbonyl (C=O) groups excluding carboxylic acids is 1. The first-order valence-corrected chi connectivity index (χ1v) is 9.22. The summed E-state index contributed by atoms with van der Waals surface area (Å²) in [7, 11) is 0. The highest BCUT2D eigenvalue weighted by Crippen LogP contribution is 2.28. The molecular weight excluding hydrogens is 356 g/mol. The molecular formula is C21H20N4O3. The van der Waals surface area contributed by atoms with Crippen molar-refractivity contribution in [2.45, 2.75) is 32.0 Å². The van der Waals surface area contributed by atoms with Crippen LogP contribution in [0.3, 0.4) is 0 Å². The number of H-pyrrole nitrogens is 1. The minimum atomic E-state index is -0.755. The van der Waals surface area contributed by atoms with Gasteiger partial charge in [-0.1, -0.05) is 12.1 Å². The highest BCUT2D eigenvalue weighted by molar-refractivity contribution is 5.95. The second-order valence-electron chi connectivity index (χ2n) is 6.71. The summed E-state index contributed by atoms with van der Waals surface area (Å²) in [5, 5.41) is 12.0. The van der Waals surface area contributed by atoms with Gasteiger partial charge in [-0.05, 0) is 50.1 Å². The number of para-hydroxylation sites is 1. The van der Waals surface area contributed by atoms with E-state index in [-0.39, 0.29) is 12.0 Å². The fraction of sp³-hybridized carbons (Fsp3) is 0.286. The van der Waals surface area contributed by atoms with Crippen molar-refractivity contribution in [3.8, 4) is 11.8 Å². The standard InChI is InChI=1S/C21H20N4O3/c1-13(28-18-6-3-2-5-14(18)12-22)21(26)23-15-8-9-16-17(11-15)25-20(24-16)19-7-4-10-27-19/h2-3,5-6,8-9,11,13,19H,4,7,10H2,1H3,(H,23,26)(H,24,25). The Kier molecular flexibility index (Phi) is 4.96. The summed E-state index contributed by atoms with van der Waals surface area (Å²) in [6.45, 7) is 2.41.